The summed E-state index contributed by atoms with van der Waals surface area (Å²) in [6.07, 6.45) is 1.10. The Balaban J connectivity index is 2.76. The van der Waals surface area contributed by atoms with Crippen LogP contribution in [0.3, 0.4) is 0 Å². The molecule has 1 aromatic carbocycles. The van der Waals surface area contributed by atoms with Gasteiger partial charge in [-0.3, -0.25) is 0 Å². The molecule has 0 saturated heterocycles. The molecule has 0 bridgehead atoms. The number of nitrogen functional groups attached to an aromatic ring is 1. The summed E-state index contributed by atoms with van der Waals surface area (Å²) in [4.78, 5) is 0.126. The molecule has 0 aliphatic heterocycles. The molecule has 9 heteroatoms. The predicted octanol–water partition coefficient (Wildman–Crippen LogP) is -0.0244. The van der Waals surface area contributed by atoms with Gasteiger partial charge < -0.3 is 11.1 Å². The van der Waals surface area contributed by atoms with Crippen molar-refractivity contribution in [3.8, 4) is 0 Å². The molecule has 0 atom stereocenters. The fourth-order valence-electron chi connectivity index (χ4n) is 1.43. The van der Waals surface area contributed by atoms with Gasteiger partial charge in [-0.2, -0.15) is 0 Å². The van der Waals surface area contributed by atoms with E-state index in [0.29, 0.717) is 5.69 Å². The molecule has 1 aromatic rings. The molecule has 0 aliphatic carbocycles. The molecule has 0 radical (unpaired) electrons. The van der Waals surface area contributed by atoms with Crippen molar-refractivity contribution >= 4 is 31.2 Å². The monoisotopic (exact) mass is 321 g/mol. The zero-order valence-electron chi connectivity index (χ0n) is 11.6. The Labute approximate surface area is 119 Å². The van der Waals surface area contributed by atoms with E-state index in [2.05, 4.69) is 5.32 Å². The van der Waals surface area contributed by atoms with Gasteiger partial charge in [0.05, 0.1) is 22.0 Å². The van der Waals surface area contributed by atoms with Crippen molar-refractivity contribution in [3.63, 3.8) is 0 Å². The number of anilines is 2. The van der Waals surface area contributed by atoms with Crippen molar-refractivity contribution in [1.82, 2.24) is 4.31 Å². The Morgan fingerprint density at radius 3 is 2.25 bits per heavy atom. The highest BCUT2D eigenvalue weighted by molar-refractivity contribution is 7.90. The van der Waals surface area contributed by atoms with E-state index < -0.39 is 19.9 Å². The zero-order chi connectivity index (χ0) is 15.6. The Bertz CT molecular complexity index is 682. The number of rotatable bonds is 6. The van der Waals surface area contributed by atoms with E-state index in [9.17, 15) is 16.8 Å². The lowest BCUT2D eigenvalue weighted by atomic mass is 10.2. The van der Waals surface area contributed by atoms with E-state index in [0.717, 1.165) is 10.6 Å². The number of hydrogen-bond acceptors (Lipinski definition) is 6. The standard InChI is InChI=1S/C11H19N3O4S2/c1-14(2)20(17,18)7-6-13-11-5-4-9(8-10(11)12)19(3,15)16/h4-5,8,13H,6-7,12H2,1-3H3. The fourth-order valence-corrected chi connectivity index (χ4v) is 2.81. The summed E-state index contributed by atoms with van der Waals surface area (Å²) >= 11 is 0. The summed E-state index contributed by atoms with van der Waals surface area (Å²) in [7, 11) is -3.66. The van der Waals surface area contributed by atoms with E-state index in [1.54, 1.807) is 0 Å². The van der Waals surface area contributed by atoms with E-state index in [4.69, 9.17) is 5.73 Å². The van der Waals surface area contributed by atoms with Gasteiger partial charge in [-0.1, -0.05) is 0 Å². The summed E-state index contributed by atoms with van der Waals surface area (Å²) in [5.41, 5.74) is 6.51. The zero-order valence-corrected chi connectivity index (χ0v) is 13.3. The van der Waals surface area contributed by atoms with Gasteiger partial charge in [0.2, 0.25) is 10.0 Å². The third kappa shape index (κ3) is 4.36. The molecular weight excluding hydrogens is 302 g/mol. The van der Waals surface area contributed by atoms with Crippen molar-refractivity contribution in [2.24, 2.45) is 0 Å². The van der Waals surface area contributed by atoms with Crippen molar-refractivity contribution in [3.05, 3.63) is 18.2 Å². The number of sulfonamides is 1. The van der Waals surface area contributed by atoms with Crippen LogP contribution in [0.15, 0.2) is 23.1 Å². The van der Waals surface area contributed by atoms with Crippen molar-refractivity contribution < 1.29 is 16.8 Å². The first-order valence-electron chi connectivity index (χ1n) is 5.77. The molecule has 0 spiro atoms. The van der Waals surface area contributed by atoms with Crippen LogP contribution in [0.2, 0.25) is 0 Å². The van der Waals surface area contributed by atoms with Gasteiger partial charge in [-0.25, -0.2) is 21.1 Å². The summed E-state index contributed by atoms with van der Waals surface area (Å²) < 4.78 is 47.0. The molecule has 0 amide bonds. The first-order chi connectivity index (χ1) is 9.04. The molecule has 0 aliphatic rings. The lowest BCUT2D eigenvalue weighted by Crippen LogP contribution is -2.28. The average molecular weight is 321 g/mol. The largest absolute Gasteiger partial charge is 0.397 e. The maximum Gasteiger partial charge on any atom is 0.215 e. The minimum absolute atomic E-state index is 0.0761. The maximum absolute atomic E-state index is 11.6. The number of nitrogens with two attached hydrogens (primary N) is 1. The summed E-state index contributed by atoms with van der Waals surface area (Å²) in [6, 6.07) is 4.29. The third-order valence-corrected chi connectivity index (χ3v) is 5.63. The third-order valence-electron chi connectivity index (χ3n) is 2.68. The Morgan fingerprint density at radius 1 is 1.20 bits per heavy atom. The number of sulfone groups is 1. The molecule has 0 saturated carbocycles. The highest BCUT2D eigenvalue weighted by Gasteiger charge is 2.13. The molecule has 0 unspecified atom stereocenters. The molecule has 114 valence electrons. The smallest absolute Gasteiger partial charge is 0.215 e. The lowest BCUT2D eigenvalue weighted by Gasteiger charge is -2.13. The topological polar surface area (TPSA) is 110 Å². The molecule has 0 heterocycles. The number of nitrogens with one attached hydrogen (secondary N) is 1. The van der Waals surface area contributed by atoms with Crippen LogP contribution in [0, 0.1) is 0 Å². The van der Waals surface area contributed by atoms with Crippen LogP contribution in [0.1, 0.15) is 0 Å². The average Bonchev–Trinajstić information content (AvgIpc) is 2.29. The van der Waals surface area contributed by atoms with Gasteiger partial charge in [-0.05, 0) is 18.2 Å². The second kappa shape index (κ2) is 5.98. The second-order valence-electron chi connectivity index (χ2n) is 4.55. The highest BCUT2D eigenvalue weighted by Crippen LogP contribution is 2.22. The van der Waals surface area contributed by atoms with Gasteiger partial charge in [-0.15, -0.1) is 0 Å². The summed E-state index contributed by atoms with van der Waals surface area (Å²) in [6.45, 7) is 0.183. The molecule has 1 rings (SSSR count). The van der Waals surface area contributed by atoms with Crippen LogP contribution < -0.4 is 11.1 Å². The van der Waals surface area contributed by atoms with Crippen LogP contribution in [-0.4, -0.2) is 53.8 Å². The Kier molecular flexibility index (Phi) is 5.00. The molecule has 3 N–H and O–H groups in total. The van der Waals surface area contributed by atoms with E-state index in [-0.39, 0.29) is 22.9 Å². The summed E-state index contributed by atoms with van der Waals surface area (Å²) in [5.74, 6) is -0.0761. The predicted molar refractivity (Wildman–Crippen MR) is 79.9 cm³/mol. The van der Waals surface area contributed by atoms with Gasteiger partial charge in [0.1, 0.15) is 0 Å². The van der Waals surface area contributed by atoms with Gasteiger partial charge >= 0.3 is 0 Å². The van der Waals surface area contributed by atoms with Crippen molar-refractivity contribution in [2.75, 3.05) is 43.7 Å². The minimum atomic E-state index is -3.31. The highest BCUT2D eigenvalue weighted by atomic mass is 32.2. The molecule has 7 nitrogen and oxygen atoms in total. The normalized spacial score (nSPS) is 12.6. The van der Waals surface area contributed by atoms with Gasteiger partial charge in [0, 0.05) is 26.9 Å². The van der Waals surface area contributed by atoms with Crippen LogP contribution >= 0.6 is 0 Å². The van der Waals surface area contributed by atoms with E-state index in [1.165, 1.54) is 32.3 Å². The second-order valence-corrected chi connectivity index (χ2v) is 8.86. The Hall–Kier alpha value is -1.32. The van der Waals surface area contributed by atoms with Crippen LogP contribution in [-0.2, 0) is 19.9 Å². The molecular formula is C11H19N3O4S2. The Morgan fingerprint density at radius 2 is 1.80 bits per heavy atom. The number of benzene rings is 1. The van der Waals surface area contributed by atoms with E-state index >= 15 is 0 Å². The number of nitrogens with zero attached hydrogens (tertiary/aromatic N) is 1. The van der Waals surface area contributed by atoms with Gasteiger partial charge in [0.25, 0.3) is 0 Å². The van der Waals surface area contributed by atoms with Gasteiger partial charge in [0.15, 0.2) is 9.84 Å². The SMILES string of the molecule is CN(C)S(=O)(=O)CCNc1ccc(S(C)(=O)=O)cc1N. The quantitative estimate of drug-likeness (QED) is 0.712. The van der Waals surface area contributed by atoms with Crippen LogP contribution in [0.4, 0.5) is 11.4 Å². The molecule has 0 aromatic heterocycles. The molecule has 20 heavy (non-hydrogen) atoms. The van der Waals surface area contributed by atoms with Crippen LogP contribution in [0.25, 0.3) is 0 Å². The fraction of sp³-hybridized carbons (Fsp3) is 0.455. The first kappa shape index (κ1) is 16.7. The summed E-state index contributed by atoms with van der Waals surface area (Å²) in [5, 5.41) is 2.88. The van der Waals surface area contributed by atoms with E-state index in [1.807, 2.05) is 0 Å². The minimum Gasteiger partial charge on any atom is -0.397 e. The lowest BCUT2D eigenvalue weighted by molar-refractivity contribution is 0.521. The maximum atomic E-state index is 11.6. The van der Waals surface area contributed by atoms with Crippen molar-refractivity contribution in [1.29, 1.82) is 0 Å². The van der Waals surface area contributed by atoms with Crippen LogP contribution in [0.5, 0.6) is 0 Å². The molecule has 0 fully saturated rings. The van der Waals surface area contributed by atoms with Crippen molar-refractivity contribution in [2.45, 2.75) is 4.90 Å². The number of hydrogen-bond donors (Lipinski definition) is 2. The first-order valence-corrected chi connectivity index (χ1v) is 9.28.